The summed E-state index contributed by atoms with van der Waals surface area (Å²) in [6.45, 7) is 0.780. The summed E-state index contributed by atoms with van der Waals surface area (Å²) in [7, 11) is 1.53. The van der Waals surface area contributed by atoms with Gasteiger partial charge in [-0.2, -0.15) is 0 Å². The molecule has 25 heavy (non-hydrogen) atoms. The third-order valence-electron chi connectivity index (χ3n) is 4.50. The number of morpholine rings is 1. The van der Waals surface area contributed by atoms with E-state index >= 15 is 0 Å². The Morgan fingerprint density at radius 3 is 2.76 bits per heavy atom. The number of carboxylic acid groups (broad SMARTS) is 1. The number of carbonyl (C=O) groups excluding carboxylic acids is 2. The standard InChI is InChI=1S/C17H20N2O6/c1-24-13-5-3-2-4-12(13)19-9-11(8-15(19)20)16(21)18-6-7-25-14(10-18)17(22)23/h2-5,11,14H,6-10H2,1H3,(H,22,23)/t11-,14+/m0/s1. The normalized spacial score (nSPS) is 23.6. The Kier molecular flexibility index (Phi) is 4.89. The van der Waals surface area contributed by atoms with Gasteiger partial charge in [-0.15, -0.1) is 0 Å². The first-order chi connectivity index (χ1) is 12.0. The van der Waals surface area contributed by atoms with E-state index in [-0.39, 0.29) is 37.9 Å². The smallest absolute Gasteiger partial charge is 0.334 e. The Balaban J connectivity index is 1.71. The van der Waals surface area contributed by atoms with Gasteiger partial charge in [-0.05, 0) is 12.1 Å². The molecule has 0 aromatic heterocycles. The monoisotopic (exact) mass is 348 g/mol. The van der Waals surface area contributed by atoms with Gasteiger partial charge in [0.25, 0.3) is 0 Å². The molecule has 0 radical (unpaired) electrons. The van der Waals surface area contributed by atoms with Crippen molar-refractivity contribution in [2.24, 2.45) is 5.92 Å². The topological polar surface area (TPSA) is 96.4 Å². The molecule has 2 atom stereocenters. The second kappa shape index (κ2) is 7.10. The number of nitrogens with zero attached hydrogens (tertiary/aromatic N) is 2. The SMILES string of the molecule is COc1ccccc1N1C[C@@H](C(=O)N2CCO[C@@H](C(=O)O)C2)CC1=O. The van der Waals surface area contributed by atoms with E-state index in [9.17, 15) is 14.4 Å². The predicted molar refractivity (Wildman–Crippen MR) is 87.4 cm³/mol. The lowest BCUT2D eigenvalue weighted by Crippen LogP contribution is -2.50. The molecule has 2 fully saturated rings. The Bertz CT molecular complexity index is 691. The van der Waals surface area contributed by atoms with Crippen LogP contribution in [0.25, 0.3) is 0 Å². The number of aliphatic carboxylic acids is 1. The van der Waals surface area contributed by atoms with Crippen LogP contribution < -0.4 is 9.64 Å². The molecule has 2 saturated heterocycles. The fourth-order valence-electron chi connectivity index (χ4n) is 3.22. The first-order valence-electron chi connectivity index (χ1n) is 8.08. The fraction of sp³-hybridized carbons (Fsp3) is 0.471. The maximum atomic E-state index is 12.7. The Hall–Kier alpha value is -2.61. The van der Waals surface area contributed by atoms with Crippen LogP contribution in [0.15, 0.2) is 24.3 Å². The summed E-state index contributed by atoms with van der Waals surface area (Å²) >= 11 is 0. The van der Waals surface area contributed by atoms with Gasteiger partial charge in [0, 0.05) is 19.5 Å². The number of methoxy groups -OCH3 is 1. The quantitative estimate of drug-likeness (QED) is 0.844. The number of ether oxygens (including phenoxy) is 2. The summed E-state index contributed by atoms with van der Waals surface area (Å²) in [4.78, 5) is 39.2. The van der Waals surface area contributed by atoms with Gasteiger partial charge in [-0.25, -0.2) is 4.79 Å². The molecule has 8 nitrogen and oxygen atoms in total. The number of rotatable bonds is 4. The molecule has 0 aliphatic carbocycles. The molecule has 2 aliphatic rings. The van der Waals surface area contributed by atoms with Crippen molar-refractivity contribution >= 4 is 23.5 Å². The van der Waals surface area contributed by atoms with E-state index < -0.39 is 18.0 Å². The summed E-state index contributed by atoms with van der Waals surface area (Å²) in [6.07, 6.45) is -0.911. The van der Waals surface area contributed by atoms with E-state index in [1.165, 1.54) is 12.0 Å². The molecule has 2 aliphatic heterocycles. The molecule has 1 aromatic carbocycles. The number of carbonyl (C=O) groups is 3. The molecular weight excluding hydrogens is 328 g/mol. The molecule has 3 rings (SSSR count). The number of anilines is 1. The zero-order valence-corrected chi connectivity index (χ0v) is 13.9. The second-order valence-corrected chi connectivity index (χ2v) is 6.06. The van der Waals surface area contributed by atoms with Crippen LogP contribution in [0.1, 0.15) is 6.42 Å². The highest BCUT2D eigenvalue weighted by atomic mass is 16.5. The summed E-state index contributed by atoms with van der Waals surface area (Å²) < 4.78 is 10.4. The van der Waals surface area contributed by atoms with E-state index in [2.05, 4.69) is 0 Å². The van der Waals surface area contributed by atoms with Gasteiger partial charge in [-0.1, -0.05) is 12.1 Å². The van der Waals surface area contributed by atoms with E-state index in [1.807, 2.05) is 6.07 Å². The van der Waals surface area contributed by atoms with Crippen molar-refractivity contribution in [2.45, 2.75) is 12.5 Å². The average molecular weight is 348 g/mol. The lowest BCUT2D eigenvalue weighted by Gasteiger charge is -2.32. The van der Waals surface area contributed by atoms with Crippen molar-refractivity contribution in [3.8, 4) is 5.75 Å². The molecule has 1 aromatic rings. The number of hydrogen-bond donors (Lipinski definition) is 1. The predicted octanol–water partition coefficient (Wildman–Crippen LogP) is 0.360. The molecule has 1 N–H and O–H groups in total. The largest absolute Gasteiger partial charge is 0.495 e. The van der Waals surface area contributed by atoms with E-state index in [4.69, 9.17) is 14.6 Å². The molecule has 2 heterocycles. The fourth-order valence-corrected chi connectivity index (χ4v) is 3.22. The Morgan fingerprint density at radius 2 is 2.04 bits per heavy atom. The lowest BCUT2D eigenvalue weighted by atomic mass is 10.1. The number of benzene rings is 1. The third kappa shape index (κ3) is 3.43. The van der Waals surface area contributed by atoms with Crippen LogP contribution in [-0.2, 0) is 19.1 Å². The summed E-state index contributed by atoms with van der Waals surface area (Å²) in [6, 6.07) is 7.15. The minimum absolute atomic E-state index is 0.00746. The summed E-state index contributed by atoms with van der Waals surface area (Å²) in [5.74, 6) is -1.37. The van der Waals surface area contributed by atoms with Crippen molar-refractivity contribution in [3.63, 3.8) is 0 Å². The summed E-state index contributed by atoms with van der Waals surface area (Å²) in [5, 5.41) is 9.05. The molecule has 0 unspecified atom stereocenters. The maximum Gasteiger partial charge on any atom is 0.334 e. The van der Waals surface area contributed by atoms with Crippen LogP contribution in [0, 0.1) is 5.92 Å². The number of amides is 2. The van der Waals surface area contributed by atoms with Crippen LogP contribution in [-0.4, -0.2) is 67.2 Å². The van der Waals surface area contributed by atoms with E-state index in [0.29, 0.717) is 18.0 Å². The van der Waals surface area contributed by atoms with Crippen molar-refractivity contribution in [2.75, 3.05) is 38.3 Å². The average Bonchev–Trinajstić information content (AvgIpc) is 3.02. The lowest BCUT2D eigenvalue weighted by molar-refractivity contribution is -0.160. The van der Waals surface area contributed by atoms with Crippen LogP contribution in [0.5, 0.6) is 5.75 Å². The van der Waals surface area contributed by atoms with Gasteiger partial charge >= 0.3 is 5.97 Å². The minimum atomic E-state index is -1.09. The Morgan fingerprint density at radius 1 is 1.28 bits per heavy atom. The van der Waals surface area contributed by atoms with Crippen molar-refractivity contribution < 1.29 is 29.0 Å². The number of carboxylic acids is 1. The highest BCUT2D eigenvalue weighted by molar-refractivity contribution is 6.01. The Labute approximate surface area is 144 Å². The molecule has 8 heteroatoms. The van der Waals surface area contributed by atoms with Gasteiger partial charge in [0.2, 0.25) is 11.8 Å². The van der Waals surface area contributed by atoms with Gasteiger partial charge in [0.1, 0.15) is 5.75 Å². The third-order valence-corrected chi connectivity index (χ3v) is 4.50. The first-order valence-corrected chi connectivity index (χ1v) is 8.08. The van der Waals surface area contributed by atoms with Crippen molar-refractivity contribution in [1.29, 1.82) is 0 Å². The minimum Gasteiger partial charge on any atom is -0.495 e. The van der Waals surface area contributed by atoms with Crippen LogP contribution in [0.4, 0.5) is 5.69 Å². The molecule has 0 spiro atoms. The number of hydrogen-bond acceptors (Lipinski definition) is 5. The van der Waals surface area contributed by atoms with Gasteiger partial charge < -0.3 is 24.4 Å². The zero-order valence-electron chi connectivity index (χ0n) is 13.9. The molecule has 0 saturated carbocycles. The van der Waals surface area contributed by atoms with E-state index in [0.717, 1.165) is 0 Å². The van der Waals surface area contributed by atoms with Crippen molar-refractivity contribution in [3.05, 3.63) is 24.3 Å². The molecule has 134 valence electrons. The first kappa shape index (κ1) is 17.2. The summed E-state index contributed by atoms with van der Waals surface area (Å²) in [5.41, 5.74) is 0.635. The van der Waals surface area contributed by atoms with Crippen LogP contribution in [0.3, 0.4) is 0 Å². The van der Waals surface area contributed by atoms with Crippen molar-refractivity contribution in [1.82, 2.24) is 4.90 Å². The maximum absolute atomic E-state index is 12.7. The highest BCUT2D eigenvalue weighted by Gasteiger charge is 2.40. The van der Waals surface area contributed by atoms with Crippen LogP contribution in [0.2, 0.25) is 0 Å². The van der Waals surface area contributed by atoms with Gasteiger partial charge in [-0.3, -0.25) is 9.59 Å². The molecule has 0 bridgehead atoms. The molecular formula is C17H20N2O6. The van der Waals surface area contributed by atoms with E-state index in [1.54, 1.807) is 23.1 Å². The second-order valence-electron chi connectivity index (χ2n) is 6.06. The molecule has 2 amide bonds. The van der Waals surface area contributed by atoms with Gasteiger partial charge in [0.05, 0.1) is 31.9 Å². The van der Waals surface area contributed by atoms with Crippen LogP contribution >= 0.6 is 0 Å². The van der Waals surface area contributed by atoms with Gasteiger partial charge in [0.15, 0.2) is 6.10 Å². The zero-order chi connectivity index (χ0) is 18.0. The highest BCUT2D eigenvalue weighted by Crippen LogP contribution is 2.33. The number of para-hydroxylation sites is 2.